The van der Waals surface area contributed by atoms with Crippen LogP contribution in [0, 0.1) is 0 Å². The highest BCUT2D eigenvalue weighted by Crippen LogP contribution is 2.05. The van der Waals surface area contributed by atoms with Gasteiger partial charge in [-0.15, -0.1) is 25.3 Å². The molecule has 0 amide bonds. The predicted octanol–water partition coefficient (Wildman–Crippen LogP) is -1.22. The van der Waals surface area contributed by atoms with Crippen molar-refractivity contribution in [3.05, 3.63) is 0 Å². The molecule has 0 aromatic rings. The monoisotopic (exact) mass is 274 g/mol. The van der Waals surface area contributed by atoms with Crippen LogP contribution in [0.4, 0.5) is 0 Å². The van der Waals surface area contributed by atoms with Gasteiger partial charge in [0.1, 0.15) is 17.0 Å². The van der Waals surface area contributed by atoms with E-state index in [4.69, 9.17) is 25.5 Å². The van der Waals surface area contributed by atoms with Crippen LogP contribution in [0.25, 0.3) is 0 Å². The summed E-state index contributed by atoms with van der Waals surface area (Å²) < 4.78 is 0. The number of aliphatic hydroxyl groups excluding tert-OH is 3. The Balaban J connectivity index is 0. The van der Waals surface area contributed by atoms with Crippen molar-refractivity contribution >= 4 is 37.2 Å². The van der Waals surface area contributed by atoms with Gasteiger partial charge in [-0.2, -0.15) is 0 Å². The molecule has 5 N–H and O–H groups in total. The second-order valence-corrected chi connectivity index (χ2v) is 3.66. The van der Waals surface area contributed by atoms with Crippen LogP contribution in [0.1, 0.15) is 12.8 Å². The van der Waals surface area contributed by atoms with E-state index in [-0.39, 0.29) is 12.8 Å². The summed E-state index contributed by atoms with van der Waals surface area (Å²) in [6.07, 6.45) is -1.88. The maximum atomic E-state index is 9.64. The Labute approximate surface area is 103 Å². The van der Waals surface area contributed by atoms with Crippen molar-refractivity contribution in [1.82, 2.24) is 0 Å². The van der Waals surface area contributed by atoms with Gasteiger partial charge >= 0.3 is 11.9 Å². The number of rotatable bonds is 5. The maximum Gasteiger partial charge on any atom is 0.303 e. The molecule has 0 aromatic heterocycles. The molecule has 0 aliphatic heterocycles. The molecule has 0 aliphatic rings. The van der Waals surface area contributed by atoms with Crippen molar-refractivity contribution in [2.75, 3.05) is 0 Å². The molecule has 9 heteroatoms. The van der Waals surface area contributed by atoms with Crippen molar-refractivity contribution in [2.45, 2.75) is 29.8 Å². The van der Waals surface area contributed by atoms with E-state index in [1.54, 1.807) is 0 Å². The van der Waals surface area contributed by atoms with Crippen LogP contribution >= 0.6 is 25.3 Å². The third-order valence-corrected chi connectivity index (χ3v) is 1.77. The fourth-order valence-electron chi connectivity index (χ4n) is 0.368. The van der Waals surface area contributed by atoms with E-state index in [1.807, 2.05) is 0 Å². The topological polar surface area (TPSA) is 135 Å². The molecule has 7 nitrogen and oxygen atoms in total. The predicted molar refractivity (Wildman–Crippen MR) is 60.5 cm³/mol. The minimum absolute atomic E-state index is 0.296. The Morgan fingerprint density at radius 1 is 0.875 bits per heavy atom. The molecular weight excluding hydrogens is 260 g/mol. The molecule has 2 unspecified atom stereocenters. The number of carbonyl (C=O) groups is 2. The van der Waals surface area contributed by atoms with Crippen LogP contribution < -0.4 is 0 Å². The van der Waals surface area contributed by atoms with E-state index in [1.165, 1.54) is 0 Å². The molecule has 0 radical (unpaired) electrons. The Hall–Kier alpha value is -0.480. The maximum absolute atomic E-state index is 9.64. The van der Waals surface area contributed by atoms with Crippen molar-refractivity contribution in [2.24, 2.45) is 0 Å². The van der Waals surface area contributed by atoms with Crippen molar-refractivity contribution in [3.8, 4) is 0 Å². The van der Waals surface area contributed by atoms with Crippen LogP contribution in [0.5, 0.6) is 0 Å². The Morgan fingerprint density at radius 2 is 1.12 bits per heavy atom. The summed E-state index contributed by atoms with van der Waals surface area (Å²) in [5.74, 6) is -2.15. The number of hydrogen-bond donors (Lipinski definition) is 7. The van der Waals surface area contributed by atoms with Gasteiger partial charge in [0, 0.05) is 0 Å². The molecule has 0 saturated heterocycles. The highest BCUT2D eigenvalue weighted by molar-refractivity contribution is 7.81. The Morgan fingerprint density at radius 3 is 1.19 bits per heavy atom. The molecule has 16 heavy (non-hydrogen) atoms. The zero-order valence-electron chi connectivity index (χ0n) is 8.09. The van der Waals surface area contributed by atoms with Crippen molar-refractivity contribution in [1.29, 1.82) is 0 Å². The first kappa shape index (κ1) is 17.9. The zero-order valence-corrected chi connectivity index (χ0v) is 9.88. The van der Waals surface area contributed by atoms with E-state index in [0.29, 0.717) is 0 Å². The van der Waals surface area contributed by atoms with Crippen LogP contribution in [0.15, 0.2) is 0 Å². The zero-order chi connectivity index (χ0) is 13.3. The number of thiol groups is 2. The summed E-state index contributed by atoms with van der Waals surface area (Å²) >= 11 is 6.86. The standard InChI is InChI=1S/C4H6O4.C3H8O3S2/c5-3(6)1-2-4(7)8;4-1(2(5)7)3(6)8/h1-2H2,(H,5,6)(H,7,8);1-8H. The van der Waals surface area contributed by atoms with Crippen molar-refractivity contribution in [3.63, 3.8) is 0 Å². The van der Waals surface area contributed by atoms with E-state index < -0.39 is 28.9 Å². The summed E-state index contributed by atoms with van der Waals surface area (Å²) in [6, 6.07) is 0. The SMILES string of the molecule is O=C(O)CCC(=O)O.OC(S)C(O)C(O)S. The molecule has 2 atom stereocenters. The molecule has 0 rings (SSSR count). The Bertz CT molecular complexity index is 197. The summed E-state index contributed by atoms with van der Waals surface area (Å²) in [7, 11) is 0. The lowest BCUT2D eigenvalue weighted by Gasteiger charge is -2.13. The summed E-state index contributed by atoms with van der Waals surface area (Å²) in [5.41, 5.74) is -2.47. The van der Waals surface area contributed by atoms with Gasteiger partial charge in [-0.25, -0.2) is 0 Å². The highest BCUT2D eigenvalue weighted by atomic mass is 32.1. The molecule has 0 heterocycles. The lowest BCUT2D eigenvalue weighted by molar-refractivity contribution is -0.143. The van der Waals surface area contributed by atoms with E-state index in [0.717, 1.165) is 0 Å². The minimum atomic E-state index is -1.29. The van der Waals surface area contributed by atoms with Crippen LogP contribution in [0.3, 0.4) is 0 Å². The molecule has 0 aromatic carbocycles. The van der Waals surface area contributed by atoms with Crippen LogP contribution in [-0.2, 0) is 9.59 Å². The number of aliphatic hydroxyl groups is 3. The largest absolute Gasteiger partial charge is 0.481 e. The van der Waals surface area contributed by atoms with Crippen LogP contribution in [-0.4, -0.2) is 54.4 Å². The smallest absolute Gasteiger partial charge is 0.303 e. The fourth-order valence-corrected chi connectivity index (χ4v) is 0.830. The van der Waals surface area contributed by atoms with Gasteiger partial charge in [-0.05, 0) is 0 Å². The van der Waals surface area contributed by atoms with Gasteiger partial charge in [0.25, 0.3) is 0 Å². The lowest BCUT2D eigenvalue weighted by atomic mass is 10.3. The number of hydrogen-bond acceptors (Lipinski definition) is 7. The second kappa shape index (κ2) is 9.73. The first-order chi connectivity index (χ1) is 7.18. The second-order valence-electron chi connectivity index (χ2n) is 2.61. The summed E-state index contributed by atoms with van der Waals surface area (Å²) in [6.45, 7) is 0. The molecule has 96 valence electrons. The third-order valence-electron chi connectivity index (χ3n) is 1.16. The van der Waals surface area contributed by atoms with Gasteiger partial charge in [0.15, 0.2) is 0 Å². The van der Waals surface area contributed by atoms with E-state index >= 15 is 0 Å². The van der Waals surface area contributed by atoms with Crippen LogP contribution in [0.2, 0.25) is 0 Å². The fraction of sp³-hybridized carbons (Fsp3) is 0.714. The Kier molecular flexibility index (Phi) is 10.9. The number of carboxylic acid groups (broad SMARTS) is 2. The van der Waals surface area contributed by atoms with E-state index in [9.17, 15) is 9.59 Å². The summed E-state index contributed by atoms with van der Waals surface area (Å²) in [4.78, 5) is 19.3. The molecule has 0 spiro atoms. The molecule has 0 aliphatic carbocycles. The average Bonchev–Trinajstić information content (AvgIpc) is 2.14. The van der Waals surface area contributed by atoms with Gasteiger partial charge in [0.2, 0.25) is 0 Å². The first-order valence-corrected chi connectivity index (χ1v) is 5.05. The minimum Gasteiger partial charge on any atom is -0.481 e. The molecule has 0 fully saturated rings. The highest BCUT2D eigenvalue weighted by Gasteiger charge is 2.17. The van der Waals surface area contributed by atoms with Gasteiger partial charge < -0.3 is 25.5 Å². The molecule has 0 bridgehead atoms. The normalized spacial score (nSPS) is 15.3. The van der Waals surface area contributed by atoms with E-state index in [2.05, 4.69) is 25.3 Å². The first-order valence-electron chi connectivity index (χ1n) is 4.02. The van der Waals surface area contributed by atoms with Gasteiger partial charge in [0.05, 0.1) is 12.8 Å². The number of aliphatic carboxylic acids is 2. The molecule has 0 saturated carbocycles. The molecular formula is C7H14O7S2. The summed E-state index contributed by atoms with van der Waals surface area (Å²) in [5, 5.41) is 41.1. The number of carboxylic acids is 2. The average molecular weight is 274 g/mol. The quantitative estimate of drug-likeness (QED) is 0.247. The lowest BCUT2D eigenvalue weighted by Crippen LogP contribution is -2.30. The third kappa shape index (κ3) is 13.5. The van der Waals surface area contributed by atoms with Gasteiger partial charge in [-0.3, -0.25) is 9.59 Å². The van der Waals surface area contributed by atoms with Gasteiger partial charge in [-0.1, -0.05) is 0 Å². The van der Waals surface area contributed by atoms with Crippen molar-refractivity contribution < 1.29 is 35.1 Å².